The van der Waals surface area contributed by atoms with Crippen LogP contribution in [-0.2, 0) is 0 Å². The summed E-state index contributed by atoms with van der Waals surface area (Å²) >= 11 is 0. The normalized spacial score (nSPS) is 10.6. The van der Waals surface area contributed by atoms with Gasteiger partial charge in [0.1, 0.15) is 0 Å². The van der Waals surface area contributed by atoms with E-state index in [2.05, 4.69) is 25.7 Å². The molecule has 0 bridgehead atoms. The van der Waals surface area contributed by atoms with E-state index in [4.69, 9.17) is 0 Å². The van der Waals surface area contributed by atoms with Crippen LogP contribution < -0.4 is 11.1 Å². The van der Waals surface area contributed by atoms with E-state index >= 15 is 0 Å². The zero-order chi connectivity index (χ0) is 12.1. The summed E-state index contributed by atoms with van der Waals surface area (Å²) in [4.78, 5) is 14.5. The molecule has 2 N–H and O–H groups in total. The van der Waals surface area contributed by atoms with Gasteiger partial charge in [-0.05, 0) is 18.1 Å². The third-order valence-electron chi connectivity index (χ3n) is 2.14. The predicted octanol–water partition coefficient (Wildman–Crippen LogP) is 0.919. The summed E-state index contributed by atoms with van der Waals surface area (Å²) in [6.07, 6.45) is 3.05. The molecule has 0 saturated heterocycles. The van der Waals surface area contributed by atoms with Gasteiger partial charge in [0.25, 0.3) is 0 Å². The molecular weight excluding hydrogens is 218 g/mol. The van der Waals surface area contributed by atoms with E-state index in [1.807, 2.05) is 31.2 Å². The van der Waals surface area contributed by atoms with Gasteiger partial charge in [0.05, 0.1) is 12.4 Å². The van der Waals surface area contributed by atoms with Crippen molar-refractivity contribution in [3.8, 4) is 0 Å². The van der Waals surface area contributed by atoms with E-state index < -0.39 is 5.69 Å². The van der Waals surface area contributed by atoms with Gasteiger partial charge < -0.3 is 0 Å². The lowest BCUT2D eigenvalue weighted by Gasteiger charge is -1.99. The fourth-order valence-corrected chi connectivity index (χ4v) is 1.27. The Morgan fingerprint density at radius 1 is 1.41 bits per heavy atom. The van der Waals surface area contributed by atoms with Crippen LogP contribution >= 0.6 is 0 Å². The minimum atomic E-state index is -0.513. The molecular formula is C11H11N5O. The summed E-state index contributed by atoms with van der Waals surface area (Å²) in [5.74, 6) is 0.304. The fraction of sp³-hybridized carbons (Fsp3) is 0.0909. The van der Waals surface area contributed by atoms with E-state index in [-0.39, 0.29) is 0 Å². The van der Waals surface area contributed by atoms with E-state index in [0.29, 0.717) is 5.82 Å². The Balaban J connectivity index is 2.08. The quantitative estimate of drug-likeness (QED) is 0.605. The Hall–Kier alpha value is -2.50. The lowest BCUT2D eigenvalue weighted by molar-refractivity contribution is 0.913. The highest BCUT2D eigenvalue weighted by molar-refractivity contribution is 5.81. The van der Waals surface area contributed by atoms with Crippen molar-refractivity contribution in [3.05, 3.63) is 52.1 Å². The number of rotatable bonds is 3. The largest absolute Gasteiger partial charge is 0.363 e. The minimum Gasteiger partial charge on any atom is -0.260 e. The van der Waals surface area contributed by atoms with Crippen LogP contribution in [0.2, 0.25) is 0 Å². The molecule has 0 radical (unpaired) electrons. The number of aromatic nitrogens is 3. The van der Waals surface area contributed by atoms with Crippen molar-refractivity contribution in [2.75, 3.05) is 5.43 Å². The number of hydrazone groups is 1. The fourth-order valence-electron chi connectivity index (χ4n) is 1.27. The Morgan fingerprint density at radius 2 is 2.24 bits per heavy atom. The molecule has 0 atom stereocenters. The van der Waals surface area contributed by atoms with Crippen molar-refractivity contribution in [2.45, 2.75) is 6.92 Å². The molecule has 0 saturated carbocycles. The molecule has 2 aromatic rings. The van der Waals surface area contributed by atoms with Crippen LogP contribution in [0.3, 0.4) is 0 Å². The number of benzene rings is 1. The molecule has 0 spiro atoms. The van der Waals surface area contributed by atoms with Crippen molar-refractivity contribution >= 4 is 12.0 Å². The maximum absolute atomic E-state index is 10.9. The van der Waals surface area contributed by atoms with E-state index in [1.54, 1.807) is 6.21 Å². The summed E-state index contributed by atoms with van der Waals surface area (Å²) in [6, 6.07) is 7.84. The van der Waals surface area contributed by atoms with Gasteiger partial charge >= 0.3 is 5.69 Å². The Labute approximate surface area is 97.4 Å². The molecule has 0 unspecified atom stereocenters. The van der Waals surface area contributed by atoms with E-state index in [9.17, 15) is 4.79 Å². The molecule has 6 nitrogen and oxygen atoms in total. The molecule has 0 aliphatic carbocycles. The molecule has 1 aromatic carbocycles. The van der Waals surface area contributed by atoms with Crippen molar-refractivity contribution in [2.24, 2.45) is 5.10 Å². The van der Waals surface area contributed by atoms with Crippen LogP contribution in [0.25, 0.3) is 0 Å². The molecule has 0 fully saturated rings. The van der Waals surface area contributed by atoms with Crippen LogP contribution in [-0.4, -0.2) is 21.4 Å². The lowest BCUT2D eigenvalue weighted by atomic mass is 10.1. The maximum atomic E-state index is 10.9. The van der Waals surface area contributed by atoms with Gasteiger partial charge in [-0.25, -0.2) is 9.89 Å². The smallest absolute Gasteiger partial charge is 0.260 e. The zero-order valence-corrected chi connectivity index (χ0v) is 9.21. The molecule has 2 rings (SSSR count). The van der Waals surface area contributed by atoms with Crippen molar-refractivity contribution in [1.29, 1.82) is 0 Å². The predicted molar refractivity (Wildman–Crippen MR) is 65.0 cm³/mol. The number of hydrogen-bond donors (Lipinski definition) is 2. The van der Waals surface area contributed by atoms with Gasteiger partial charge in [-0.1, -0.05) is 24.3 Å². The standard InChI is InChI=1S/C11H11N5O/c1-8-4-2-3-5-9(8)6-12-15-10-7-13-16-11(17)14-10/h2-7H,1H3,(H2,14,15,16,17). The highest BCUT2D eigenvalue weighted by atomic mass is 16.1. The summed E-state index contributed by atoms with van der Waals surface area (Å²) in [5, 5.41) is 9.75. The third-order valence-corrected chi connectivity index (χ3v) is 2.14. The molecule has 17 heavy (non-hydrogen) atoms. The first-order chi connectivity index (χ1) is 8.25. The topological polar surface area (TPSA) is 83.0 Å². The number of H-pyrrole nitrogens is 1. The highest BCUT2D eigenvalue weighted by Crippen LogP contribution is 2.03. The molecule has 86 valence electrons. The zero-order valence-electron chi connectivity index (χ0n) is 9.21. The Kier molecular flexibility index (Phi) is 3.25. The molecule has 1 heterocycles. The second kappa shape index (κ2) is 5.02. The van der Waals surface area contributed by atoms with Crippen LogP contribution in [0.1, 0.15) is 11.1 Å². The summed E-state index contributed by atoms with van der Waals surface area (Å²) < 4.78 is 0. The number of hydrogen-bond acceptors (Lipinski definition) is 5. The minimum absolute atomic E-state index is 0.304. The average molecular weight is 229 g/mol. The van der Waals surface area contributed by atoms with E-state index in [0.717, 1.165) is 11.1 Å². The van der Waals surface area contributed by atoms with E-state index in [1.165, 1.54) is 6.20 Å². The number of nitrogens with zero attached hydrogens (tertiary/aromatic N) is 3. The maximum Gasteiger partial charge on any atom is 0.363 e. The second-order valence-corrected chi connectivity index (χ2v) is 3.40. The van der Waals surface area contributed by atoms with Crippen LogP contribution in [0.4, 0.5) is 5.82 Å². The van der Waals surface area contributed by atoms with Gasteiger partial charge in [-0.2, -0.15) is 15.2 Å². The van der Waals surface area contributed by atoms with Gasteiger partial charge in [-0.15, -0.1) is 0 Å². The number of anilines is 1. The van der Waals surface area contributed by atoms with Gasteiger partial charge in [-0.3, -0.25) is 5.43 Å². The van der Waals surface area contributed by atoms with Crippen LogP contribution in [0.5, 0.6) is 0 Å². The molecule has 0 aliphatic rings. The highest BCUT2D eigenvalue weighted by Gasteiger charge is 1.93. The monoisotopic (exact) mass is 229 g/mol. The third kappa shape index (κ3) is 2.97. The van der Waals surface area contributed by atoms with Crippen molar-refractivity contribution in [3.63, 3.8) is 0 Å². The van der Waals surface area contributed by atoms with Crippen molar-refractivity contribution in [1.82, 2.24) is 15.2 Å². The Morgan fingerprint density at radius 3 is 3.00 bits per heavy atom. The SMILES string of the molecule is Cc1ccccc1C=NNc1cn[nH]c(=O)n1. The molecule has 0 amide bonds. The van der Waals surface area contributed by atoms with Gasteiger partial charge in [0.15, 0.2) is 5.82 Å². The first-order valence-electron chi connectivity index (χ1n) is 5.02. The van der Waals surface area contributed by atoms with Gasteiger partial charge in [0, 0.05) is 0 Å². The number of aromatic amines is 1. The van der Waals surface area contributed by atoms with Crippen LogP contribution in [0.15, 0.2) is 40.4 Å². The van der Waals surface area contributed by atoms with Gasteiger partial charge in [0.2, 0.25) is 0 Å². The average Bonchev–Trinajstić information content (AvgIpc) is 2.32. The molecule has 1 aromatic heterocycles. The summed E-state index contributed by atoms with van der Waals surface area (Å²) in [6.45, 7) is 1.99. The van der Waals surface area contributed by atoms with Crippen LogP contribution in [0, 0.1) is 6.92 Å². The second-order valence-electron chi connectivity index (χ2n) is 3.40. The van der Waals surface area contributed by atoms with Crippen molar-refractivity contribution < 1.29 is 0 Å². The summed E-state index contributed by atoms with van der Waals surface area (Å²) in [5.41, 5.74) is 4.24. The number of nitrogens with one attached hydrogen (secondary N) is 2. The number of aryl methyl sites for hydroxylation is 1. The first kappa shape index (κ1) is 11.0. The lowest BCUT2D eigenvalue weighted by Crippen LogP contribution is -2.13. The Bertz CT molecular complexity index is 590. The first-order valence-corrected chi connectivity index (χ1v) is 5.02. The molecule has 0 aliphatic heterocycles. The summed E-state index contributed by atoms with van der Waals surface area (Å²) in [7, 11) is 0. The molecule has 6 heteroatoms.